The highest BCUT2D eigenvalue weighted by molar-refractivity contribution is 7.13. The average Bonchev–Trinajstić information content (AvgIpc) is 2.77. The number of primary amides is 1. The van der Waals surface area contributed by atoms with E-state index in [9.17, 15) is 13.6 Å². The fourth-order valence-electron chi connectivity index (χ4n) is 1.37. The number of nitrogens with zero attached hydrogens (tertiary/aromatic N) is 1. The average molecular weight is 270 g/mol. The van der Waals surface area contributed by atoms with Gasteiger partial charge in [-0.3, -0.25) is 4.79 Å². The van der Waals surface area contributed by atoms with E-state index >= 15 is 0 Å². The lowest BCUT2D eigenvalue weighted by Crippen LogP contribution is -2.11. The number of benzene rings is 1. The van der Waals surface area contributed by atoms with Gasteiger partial charge >= 0.3 is 0 Å². The van der Waals surface area contributed by atoms with E-state index in [2.05, 4.69) is 4.98 Å². The van der Waals surface area contributed by atoms with Gasteiger partial charge in [0.25, 0.3) is 5.91 Å². The lowest BCUT2D eigenvalue weighted by molar-refractivity contribution is 0.0996. The minimum atomic E-state index is -0.808. The lowest BCUT2D eigenvalue weighted by Gasteiger charge is -2.04. The Balaban J connectivity index is 2.53. The first-order valence-electron chi connectivity index (χ1n) is 4.81. The van der Waals surface area contributed by atoms with Gasteiger partial charge in [0.15, 0.2) is 0 Å². The van der Waals surface area contributed by atoms with Crippen LogP contribution in [0.2, 0.25) is 0 Å². The lowest BCUT2D eigenvalue weighted by atomic mass is 10.2. The highest BCUT2D eigenvalue weighted by atomic mass is 32.1. The number of carbonyl (C=O) groups excluding carboxylic acids is 1. The van der Waals surface area contributed by atoms with Crippen LogP contribution in [0.5, 0.6) is 5.75 Å². The number of hydrogen-bond acceptors (Lipinski definition) is 4. The third kappa shape index (κ3) is 2.17. The van der Waals surface area contributed by atoms with Crippen LogP contribution in [0.1, 0.15) is 10.5 Å². The van der Waals surface area contributed by atoms with Crippen molar-refractivity contribution in [3.63, 3.8) is 0 Å². The summed E-state index contributed by atoms with van der Waals surface area (Å²) in [6.07, 6.45) is 0. The summed E-state index contributed by atoms with van der Waals surface area (Å²) in [7, 11) is 1.31. The van der Waals surface area contributed by atoms with Gasteiger partial charge in [-0.2, -0.15) is 0 Å². The largest absolute Gasteiger partial charge is 0.497 e. The van der Waals surface area contributed by atoms with E-state index in [1.165, 1.54) is 12.5 Å². The summed E-state index contributed by atoms with van der Waals surface area (Å²) in [6.45, 7) is 0. The van der Waals surface area contributed by atoms with E-state index in [1.807, 2.05) is 0 Å². The van der Waals surface area contributed by atoms with Crippen molar-refractivity contribution in [1.82, 2.24) is 4.98 Å². The van der Waals surface area contributed by atoms with Crippen molar-refractivity contribution in [3.8, 4) is 16.3 Å². The molecule has 1 amide bonds. The monoisotopic (exact) mass is 270 g/mol. The summed E-state index contributed by atoms with van der Waals surface area (Å²) in [5.74, 6) is -2.29. The molecule has 0 saturated heterocycles. The quantitative estimate of drug-likeness (QED) is 0.929. The molecule has 0 radical (unpaired) electrons. The van der Waals surface area contributed by atoms with E-state index < -0.39 is 17.5 Å². The highest BCUT2D eigenvalue weighted by Crippen LogP contribution is 2.31. The van der Waals surface area contributed by atoms with Crippen molar-refractivity contribution >= 4 is 17.2 Å². The molecule has 0 aliphatic carbocycles. The molecule has 0 aliphatic rings. The Morgan fingerprint density at radius 2 is 2.00 bits per heavy atom. The molecule has 1 aromatic heterocycles. The Morgan fingerprint density at radius 1 is 1.39 bits per heavy atom. The van der Waals surface area contributed by atoms with Crippen LogP contribution in [0.4, 0.5) is 8.78 Å². The molecule has 18 heavy (non-hydrogen) atoms. The summed E-state index contributed by atoms with van der Waals surface area (Å²) in [4.78, 5) is 14.7. The van der Waals surface area contributed by atoms with Crippen LogP contribution in [-0.4, -0.2) is 18.0 Å². The van der Waals surface area contributed by atoms with Crippen molar-refractivity contribution in [3.05, 3.63) is 34.8 Å². The SMILES string of the molecule is COc1cc(F)c(-c2nc(C(N)=O)cs2)c(F)c1. The van der Waals surface area contributed by atoms with Crippen LogP contribution >= 0.6 is 11.3 Å². The molecule has 1 heterocycles. The first-order valence-corrected chi connectivity index (χ1v) is 5.69. The second kappa shape index (κ2) is 4.69. The zero-order valence-electron chi connectivity index (χ0n) is 9.24. The Hall–Kier alpha value is -2.02. The minimum absolute atomic E-state index is 0.0235. The zero-order valence-corrected chi connectivity index (χ0v) is 10.1. The van der Waals surface area contributed by atoms with E-state index in [0.717, 1.165) is 23.5 Å². The number of hydrogen-bond donors (Lipinski definition) is 1. The molecule has 4 nitrogen and oxygen atoms in total. The molecular formula is C11H8F2N2O2S. The van der Waals surface area contributed by atoms with E-state index in [4.69, 9.17) is 10.5 Å². The Bertz CT molecular complexity index is 590. The van der Waals surface area contributed by atoms with Crippen LogP contribution in [0.25, 0.3) is 10.6 Å². The molecule has 0 saturated carbocycles. The number of amides is 1. The number of nitrogens with two attached hydrogens (primary N) is 1. The van der Waals surface area contributed by atoms with Gasteiger partial charge < -0.3 is 10.5 Å². The number of thiazole rings is 1. The maximum Gasteiger partial charge on any atom is 0.268 e. The molecule has 2 N–H and O–H groups in total. The van der Waals surface area contributed by atoms with Crippen molar-refractivity contribution in [1.29, 1.82) is 0 Å². The second-order valence-corrected chi connectivity index (χ2v) is 4.23. The number of rotatable bonds is 3. The van der Waals surface area contributed by atoms with Gasteiger partial charge in [0, 0.05) is 17.5 Å². The van der Waals surface area contributed by atoms with Crippen LogP contribution in [-0.2, 0) is 0 Å². The number of halogens is 2. The molecule has 0 aliphatic heterocycles. The predicted molar refractivity (Wildman–Crippen MR) is 62.5 cm³/mol. The van der Waals surface area contributed by atoms with Gasteiger partial charge in [-0.15, -0.1) is 11.3 Å². The second-order valence-electron chi connectivity index (χ2n) is 3.37. The molecule has 0 fully saturated rings. The predicted octanol–water partition coefficient (Wildman–Crippen LogP) is 2.20. The van der Waals surface area contributed by atoms with Gasteiger partial charge in [0.1, 0.15) is 28.1 Å². The summed E-state index contributed by atoms with van der Waals surface area (Å²) in [5, 5.41) is 1.40. The summed E-state index contributed by atoms with van der Waals surface area (Å²) in [6, 6.07) is 2.09. The summed E-state index contributed by atoms with van der Waals surface area (Å²) >= 11 is 0.940. The van der Waals surface area contributed by atoms with Crippen LogP contribution in [0, 0.1) is 11.6 Å². The normalized spacial score (nSPS) is 10.4. The van der Waals surface area contributed by atoms with Crippen molar-refractivity contribution in [2.75, 3.05) is 7.11 Å². The van der Waals surface area contributed by atoms with E-state index in [0.29, 0.717) is 0 Å². The first kappa shape index (κ1) is 12.4. The third-order valence-corrected chi connectivity index (χ3v) is 3.08. The molecule has 2 rings (SSSR count). The van der Waals surface area contributed by atoms with E-state index in [-0.39, 0.29) is 22.0 Å². The van der Waals surface area contributed by atoms with Gasteiger partial charge in [-0.25, -0.2) is 13.8 Å². The number of ether oxygens (including phenoxy) is 1. The maximum atomic E-state index is 13.7. The van der Waals surface area contributed by atoms with E-state index in [1.54, 1.807) is 0 Å². The standard InChI is InChI=1S/C11H8F2N2O2S/c1-17-5-2-6(12)9(7(13)3-5)11-15-8(4-18-11)10(14)16/h2-4H,1H3,(H2,14,16). The molecule has 0 bridgehead atoms. The Kier molecular flexibility index (Phi) is 3.24. The molecule has 2 aromatic rings. The van der Waals surface area contributed by atoms with Gasteiger partial charge in [-0.05, 0) is 0 Å². The highest BCUT2D eigenvalue weighted by Gasteiger charge is 2.18. The van der Waals surface area contributed by atoms with Gasteiger partial charge in [0.05, 0.1) is 12.7 Å². The molecule has 94 valence electrons. The fraction of sp³-hybridized carbons (Fsp3) is 0.0909. The maximum absolute atomic E-state index is 13.7. The third-order valence-electron chi connectivity index (χ3n) is 2.22. The molecule has 0 atom stereocenters. The number of methoxy groups -OCH3 is 1. The fourth-order valence-corrected chi connectivity index (χ4v) is 2.23. The smallest absolute Gasteiger partial charge is 0.268 e. The zero-order chi connectivity index (χ0) is 13.3. The molecule has 1 aromatic carbocycles. The van der Waals surface area contributed by atoms with Crippen LogP contribution in [0.3, 0.4) is 0 Å². The van der Waals surface area contributed by atoms with Crippen LogP contribution in [0.15, 0.2) is 17.5 Å². The van der Waals surface area contributed by atoms with Crippen molar-refractivity contribution in [2.24, 2.45) is 5.73 Å². The molecule has 7 heteroatoms. The Labute approximate surface area is 105 Å². The number of carbonyl (C=O) groups is 1. The van der Waals surface area contributed by atoms with Crippen molar-refractivity contribution < 1.29 is 18.3 Å². The summed E-state index contributed by atoms with van der Waals surface area (Å²) in [5.41, 5.74) is 4.70. The molecule has 0 unspecified atom stereocenters. The number of aromatic nitrogens is 1. The Morgan fingerprint density at radius 3 is 2.44 bits per heavy atom. The molecule has 0 spiro atoms. The van der Waals surface area contributed by atoms with Gasteiger partial charge in [-0.1, -0.05) is 0 Å². The van der Waals surface area contributed by atoms with Crippen LogP contribution < -0.4 is 10.5 Å². The topological polar surface area (TPSA) is 65.2 Å². The summed E-state index contributed by atoms with van der Waals surface area (Å²) < 4.78 is 32.2. The first-order chi connectivity index (χ1) is 8.52. The molecular weight excluding hydrogens is 262 g/mol. The van der Waals surface area contributed by atoms with Crippen molar-refractivity contribution in [2.45, 2.75) is 0 Å². The minimum Gasteiger partial charge on any atom is -0.497 e. The van der Waals surface area contributed by atoms with Gasteiger partial charge in [0.2, 0.25) is 0 Å².